The van der Waals surface area contributed by atoms with Gasteiger partial charge in [-0.25, -0.2) is 9.59 Å². The van der Waals surface area contributed by atoms with Crippen molar-refractivity contribution in [1.82, 2.24) is 0 Å². The van der Waals surface area contributed by atoms with Gasteiger partial charge in [0.05, 0.1) is 19.1 Å². The van der Waals surface area contributed by atoms with Crippen LogP contribution < -0.4 is 4.74 Å². The molecule has 112 valence electrons. The summed E-state index contributed by atoms with van der Waals surface area (Å²) in [5.74, 6) is -0.595. The zero-order valence-electron chi connectivity index (χ0n) is 12.3. The molecule has 0 saturated carbocycles. The number of rotatable bonds is 3. The first-order valence-corrected chi connectivity index (χ1v) is 7.20. The SMILES string of the molecule is COC(=O)C1=C(C(=O)OC)Sc2cc(C(C)C)ccc2O1. The van der Waals surface area contributed by atoms with Gasteiger partial charge in [-0.1, -0.05) is 31.7 Å². The van der Waals surface area contributed by atoms with Gasteiger partial charge in [0.2, 0.25) is 5.76 Å². The van der Waals surface area contributed by atoms with Crippen molar-refractivity contribution in [3.8, 4) is 5.75 Å². The van der Waals surface area contributed by atoms with Gasteiger partial charge in [-0.15, -0.1) is 0 Å². The minimum Gasteiger partial charge on any atom is -0.465 e. The van der Waals surface area contributed by atoms with Gasteiger partial charge in [0.25, 0.3) is 0 Å². The summed E-state index contributed by atoms with van der Waals surface area (Å²) >= 11 is 1.15. The summed E-state index contributed by atoms with van der Waals surface area (Å²) in [4.78, 5) is 24.5. The maximum absolute atomic E-state index is 11.8. The summed E-state index contributed by atoms with van der Waals surface area (Å²) in [5, 5.41) is 0. The van der Waals surface area contributed by atoms with Crippen LogP contribution in [-0.2, 0) is 19.1 Å². The molecule has 1 aromatic carbocycles. The average Bonchev–Trinajstić information content (AvgIpc) is 2.51. The predicted molar refractivity (Wildman–Crippen MR) is 78.1 cm³/mol. The zero-order valence-corrected chi connectivity index (χ0v) is 13.1. The standard InChI is InChI=1S/C15H16O5S/c1-8(2)9-5-6-10-11(7-9)21-13(15(17)19-4)12(20-10)14(16)18-3/h5-8H,1-4H3. The predicted octanol–water partition coefficient (Wildman–Crippen LogP) is 2.85. The molecule has 1 heterocycles. The Labute approximate surface area is 127 Å². The molecule has 0 N–H and O–H groups in total. The van der Waals surface area contributed by atoms with E-state index in [1.54, 1.807) is 6.07 Å². The lowest BCUT2D eigenvalue weighted by Gasteiger charge is -2.21. The summed E-state index contributed by atoms with van der Waals surface area (Å²) in [6.07, 6.45) is 0. The van der Waals surface area contributed by atoms with Crippen LogP contribution in [0.1, 0.15) is 25.3 Å². The van der Waals surface area contributed by atoms with Crippen molar-refractivity contribution in [3.05, 3.63) is 34.4 Å². The fourth-order valence-corrected chi connectivity index (χ4v) is 2.82. The number of carbonyl (C=O) groups excluding carboxylic acids is 2. The number of methoxy groups -OCH3 is 2. The number of thioether (sulfide) groups is 1. The minimum absolute atomic E-state index is 0.0951. The Morgan fingerprint density at radius 2 is 1.81 bits per heavy atom. The normalized spacial score (nSPS) is 13.6. The molecule has 5 nitrogen and oxygen atoms in total. The molecule has 2 rings (SSSR count). The van der Waals surface area contributed by atoms with Crippen molar-refractivity contribution >= 4 is 23.7 Å². The van der Waals surface area contributed by atoms with Gasteiger partial charge in [-0.2, -0.15) is 0 Å². The van der Waals surface area contributed by atoms with Gasteiger partial charge < -0.3 is 14.2 Å². The molecule has 1 aliphatic rings. The quantitative estimate of drug-likeness (QED) is 0.800. The largest absolute Gasteiger partial charge is 0.465 e. The Morgan fingerprint density at radius 1 is 1.14 bits per heavy atom. The molecular weight excluding hydrogens is 292 g/mol. The number of esters is 2. The van der Waals surface area contributed by atoms with Gasteiger partial charge in [0.1, 0.15) is 10.7 Å². The van der Waals surface area contributed by atoms with E-state index in [0.29, 0.717) is 11.7 Å². The van der Waals surface area contributed by atoms with E-state index in [1.165, 1.54) is 14.2 Å². The number of fused-ring (bicyclic) bond motifs is 1. The van der Waals surface area contributed by atoms with Crippen LogP contribution in [0.25, 0.3) is 0 Å². The van der Waals surface area contributed by atoms with Crippen molar-refractivity contribution in [2.24, 2.45) is 0 Å². The molecule has 0 fully saturated rings. The van der Waals surface area contributed by atoms with E-state index >= 15 is 0 Å². The Morgan fingerprint density at radius 3 is 2.38 bits per heavy atom. The van der Waals surface area contributed by atoms with Crippen LogP contribution in [0.2, 0.25) is 0 Å². The molecular formula is C15H16O5S. The van der Waals surface area contributed by atoms with E-state index in [0.717, 1.165) is 22.2 Å². The van der Waals surface area contributed by atoms with Crippen LogP contribution in [0.4, 0.5) is 0 Å². The van der Waals surface area contributed by atoms with E-state index in [9.17, 15) is 9.59 Å². The van der Waals surface area contributed by atoms with Gasteiger partial charge in [0.15, 0.2) is 0 Å². The van der Waals surface area contributed by atoms with Gasteiger partial charge in [-0.05, 0) is 23.6 Å². The molecule has 1 aromatic rings. The molecule has 1 aliphatic heterocycles. The van der Waals surface area contributed by atoms with Crippen LogP contribution >= 0.6 is 11.8 Å². The summed E-state index contributed by atoms with van der Waals surface area (Å²) < 4.78 is 14.9. The molecule has 0 bridgehead atoms. The fourth-order valence-electron chi connectivity index (χ4n) is 1.81. The Hall–Kier alpha value is -1.95. The highest BCUT2D eigenvalue weighted by Gasteiger charge is 2.31. The highest BCUT2D eigenvalue weighted by molar-refractivity contribution is 8.04. The van der Waals surface area contributed by atoms with E-state index in [4.69, 9.17) is 9.47 Å². The monoisotopic (exact) mass is 308 g/mol. The van der Waals surface area contributed by atoms with Crippen LogP contribution in [0.5, 0.6) is 5.75 Å². The third kappa shape index (κ3) is 3.05. The summed E-state index contributed by atoms with van der Waals surface area (Å²) in [6.45, 7) is 4.15. The third-order valence-corrected chi connectivity index (χ3v) is 4.10. The van der Waals surface area contributed by atoms with Crippen molar-refractivity contribution in [2.75, 3.05) is 14.2 Å². The smallest absolute Gasteiger partial charge is 0.375 e. The number of ether oxygens (including phenoxy) is 3. The van der Waals surface area contributed by atoms with Gasteiger partial charge >= 0.3 is 11.9 Å². The van der Waals surface area contributed by atoms with Crippen LogP contribution in [0.15, 0.2) is 33.8 Å². The number of hydrogen-bond acceptors (Lipinski definition) is 6. The number of hydrogen-bond donors (Lipinski definition) is 0. The molecule has 0 amide bonds. The average molecular weight is 308 g/mol. The molecule has 0 aliphatic carbocycles. The van der Waals surface area contributed by atoms with Crippen molar-refractivity contribution in [2.45, 2.75) is 24.7 Å². The second-order valence-corrected chi connectivity index (χ2v) is 5.76. The first-order chi connectivity index (χ1) is 9.97. The Kier molecular flexibility index (Phi) is 4.57. The summed E-state index contributed by atoms with van der Waals surface area (Å²) in [5.41, 5.74) is 1.12. The molecule has 0 radical (unpaired) electrons. The highest BCUT2D eigenvalue weighted by atomic mass is 32.2. The fraction of sp³-hybridized carbons (Fsp3) is 0.333. The highest BCUT2D eigenvalue weighted by Crippen LogP contribution is 2.43. The van der Waals surface area contributed by atoms with Crippen LogP contribution in [-0.4, -0.2) is 26.2 Å². The first-order valence-electron chi connectivity index (χ1n) is 6.38. The molecule has 0 spiro atoms. The lowest BCUT2D eigenvalue weighted by atomic mass is 10.0. The van der Waals surface area contributed by atoms with E-state index in [2.05, 4.69) is 18.6 Å². The third-order valence-electron chi connectivity index (χ3n) is 3.01. The number of carbonyl (C=O) groups is 2. The van der Waals surface area contributed by atoms with Crippen molar-refractivity contribution in [3.63, 3.8) is 0 Å². The second-order valence-electron chi connectivity index (χ2n) is 4.71. The molecule has 6 heteroatoms. The van der Waals surface area contributed by atoms with E-state index in [1.807, 2.05) is 12.1 Å². The maximum Gasteiger partial charge on any atom is 0.375 e. The minimum atomic E-state index is -0.707. The Bertz CT molecular complexity index is 618. The maximum atomic E-state index is 11.8. The lowest BCUT2D eigenvalue weighted by molar-refractivity contribution is -0.140. The molecule has 21 heavy (non-hydrogen) atoms. The van der Waals surface area contributed by atoms with Gasteiger partial charge in [0, 0.05) is 0 Å². The van der Waals surface area contributed by atoms with Crippen molar-refractivity contribution in [1.29, 1.82) is 0 Å². The van der Waals surface area contributed by atoms with E-state index < -0.39 is 11.9 Å². The lowest BCUT2D eigenvalue weighted by Crippen LogP contribution is -2.20. The van der Waals surface area contributed by atoms with Crippen molar-refractivity contribution < 1.29 is 23.8 Å². The van der Waals surface area contributed by atoms with Crippen LogP contribution in [0.3, 0.4) is 0 Å². The molecule has 0 aromatic heterocycles. The molecule has 0 atom stereocenters. The summed E-state index contributed by atoms with van der Waals surface area (Å²) in [7, 11) is 2.49. The summed E-state index contributed by atoms with van der Waals surface area (Å²) in [6, 6.07) is 5.67. The Balaban J connectivity index is 2.45. The van der Waals surface area contributed by atoms with Gasteiger partial charge in [-0.3, -0.25) is 0 Å². The second kappa shape index (κ2) is 6.22. The number of benzene rings is 1. The van der Waals surface area contributed by atoms with Crippen LogP contribution in [0, 0.1) is 0 Å². The molecule has 0 saturated heterocycles. The van der Waals surface area contributed by atoms with E-state index in [-0.39, 0.29) is 10.7 Å². The first kappa shape index (κ1) is 15.4. The topological polar surface area (TPSA) is 61.8 Å². The molecule has 0 unspecified atom stereocenters. The zero-order chi connectivity index (χ0) is 15.6.